The number of hydrogen-bond acceptors (Lipinski definition) is 6. The van der Waals surface area contributed by atoms with Crippen LogP contribution in [0.15, 0.2) is 109 Å². The molecule has 0 aromatic carbocycles. The van der Waals surface area contributed by atoms with Crippen molar-refractivity contribution in [2.24, 2.45) is 0 Å². The number of unbranched alkanes of at least 4 members (excludes halogenated alkanes) is 34. The van der Waals surface area contributed by atoms with Crippen molar-refractivity contribution in [2.45, 2.75) is 335 Å². The Labute approximate surface area is 501 Å². The average molecular weight is 1130 g/mol. The Kier molecular flexibility index (Phi) is 65.2. The molecule has 0 fully saturated rings. The summed E-state index contributed by atoms with van der Waals surface area (Å²) in [5, 5.41) is 0. The van der Waals surface area contributed by atoms with Gasteiger partial charge in [0.25, 0.3) is 0 Å². The minimum absolute atomic E-state index is 0.105. The number of carbonyl (C=O) groups is 3. The lowest BCUT2D eigenvalue weighted by molar-refractivity contribution is -0.166. The molecule has 0 aliphatic heterocycles. The molecule has 464 valence electrons. The summed E-state index contributed by atoms with van der Waals surface area (Å²) in [4.78, 5) is 38.3. The first kappa shape index (κ1) is 77.1. The summed E-state index contributed by atoms with van der Waals surface area (Å²) < 4.78 is 16.9. The van der Waals surface area contributed by atoms with Crippen molar-refractivity contribution in [1.29, 1.82) is 0 Å². The van der Waals surface area contributed by atoms with Crippen molar-refractivity contribution in [3.63, 3.8) is 0 Å². The van der Waals surface area contributed by atoms with E-state index in [0.717, 1.165) is 96.3 Å². The van der Waals surface area contributed by atoms with Crippen molar-refractivity contribution in [3.05, 3.63) is 109 Å². The molecule has 0 bridgehead atoms. The molecule has 1 unspecified atom stereocenters. The molecule has 0 rings (SSSR count). The van der Waals surface area contributed by atoms with Gasteiger partial charge in [-0.25, -0.2) is 0 Å². The van der Waals surface area contributed by atoms with E-state index in [-0.39, 0.29) is 31.6 Å². The fourth-order valence-corrected chi connectivity index (χ4v) is 9.75. The summed E-state index contributed by atoms with van der Waals surface area (Å²) in [6.45, 7) is 6.37. The van der Waals surface area contributed by atoms with Crippen LogP contribution in [-0.4, -0.2) is 37.2 Å². The van der Waals surface area contributed by atoms with Gasteiger partial charge in [-0.05, 0) is 83.5 Å². The summed E-state index contributed by atoms with van der Waals surface area (Å²) in [5.74, 6) is -1.02. The van der Waals surface area contributed by atoms with Crippen LogP contribution in [0.3, 0.4) is 0 Å². The highest BCUT2D eigenvalue weighted by Crippen LogP contribution is 2.18. The van der Waals surface area contributed by atoms with Gasteiger partial charge in [-0.15, -0.1) is 0 Å². The highest BCUT2D eigenvalue weighted by atomic mass is 16.6. The van der Waals surface area contributed by atoms with Crippen LogP contribution < -0.4 is 0 Å². The zero-order valence-corrected chi connectivity index (χ0v) is 53.3. The third-order valence-electron chi connectivity index (χ3n) is 14.8. The average Bonchev–Trinajstić information content (AvgIpc) is 3.47. The van der Waals surface area contributed by atoms with Crippen LogP contribution in [0.25, 0.3) is 0 Å². The number of carbonyl (C=O) groups excluding carboxylic acids is 3. The van der Waals surface area contributed by atoms with Crippen molar-refractivity contribution in [3.8, 4) is 0 Å². The predicted octanol–water partition coefficient (Wildman–Crippen LogP) is 23.8. The van der Waals surface area contributed by atoms with Gasteiger partial charge in [-0.1, -0.05) is 336 Å². The van der Waals surface area contributed by atoms with Gasteiger partial charge in [0.05, 0.1) is 6.42 Å². The lowest BCUT2D eigenvalue weighted by Gasteiger charge is -2.18. The minimum atomic E-state index is -0.818. The fourth-order valence-electron chi connectivity index (χ4n) is 9.75. The maximum absolute atomic E-state index is 12.9. The number of rotatable bonds is 62. The Morgan fingerprint density at radius 3 is 0.864 bits per heavy atom. The molecular formula is C75H128O6. The molecule has 0 aromatic rings. The van der Waals surface area contributed by atoms with E-state index in [9.17, 15) is 14.4 Å². The highest BCUT2D eigenvalue weighted by molar-refractivity contribution is 5.72. The second-order valence-electron chi connectivity index (χ2n) is 22.7. The van der Waals surface area contributed by atoms with Crippen LogP contribution in [0.5, 0.6) is 0 Å². The first-order chi connectivity index (χ1) is 40.0. The van der Waals surface area contributed by atoms with Crippen LogP contribution in [-0.2, 0) is 28.6 Å². The third-order valence-corrected chi connectivity index (χ3v) is 14.8. The Balaban J connectivity index is 4.31. The van der Waals surface area contributed by atoms with Crippen LogP contribution in [0.1, 0.15) is 329 Å². The predicted molar refractivity (Wildman–Crippen MR) is 353 cm³/mol. The summed E-state index contributed by atoms with van der Waals surface area (Å²) in [5.41, 5.74) is 0. The quantitative estimate of drug-likeness (QED) is 0.0261. The largest absolute Gasteiger partial charge is 0.462 e. The van der Waals surface area contributed by atoms with Gasteiger partial charge in [0.15, 0.2) is 6.10 Å². The molecule has 0 amide bonds. The molecule has 0 radical (unpaired) electrons. The van der Waals surface area contributed by atoms with Gasteiger partial charge in [-0.3, -0.25) is 14.4 Å². The van der Waals surface area contributed by atoms with E-state index in [1.165, 1.54) is 193 Å². The number of esters is 3. The van der Waals surface area contributed by atoms with Gasteiger partial charge in [0.2, 0.25) is 0 Å². The van der Waals surface area contributed by atoms with Crippen LogP contribution in [0.4, 0.5) is 0 Å². The molecule has 0 aliphatic rings. The standard InChI is InChI=1S/C75H128O6/c1-4-7-10-13-16-19-22-25-28-30-32-33-34-35-36-37-38-39-40-41-43-44-47-50-53-56-59-62-65-68-74(77)80-71-72(70-79-73(76)67-64-61-58-55-52-49-46-27-24-21-18-15-12-9-6-3)81-75(78)69-66-63-60-57-54-51-48-45-42-31-29-26-23-20-17-14-11-8-5-2/h7,9-10,12,16,18-19,21,25,27-28,32-33,46,52,55,61,64,72H,4-6,8,11,13-15,17,20,22-24,26,29-31,34-45,47-51,53-54,56-60,62-63,65-71H2,1-3H3/b10-7-,12-9-,19-16-,21-18-,28-25-,33-32-,46-27-,55-52-,64-61-. The van der Waals surface area contributed by atoms with E-state index in [2.05, 4.69) is 118 Å². The maximum Gasteiger partial charge on any atom is 0.309 e. The van der Waals surface area contributed by atoms with Crippen LogP contribution in [0, 0.1) is 0 Å². The lowest BCUT2D eigenvalue weighted by atomic mass is 10.0. The van der Waals surface area contributed by atoms with E-state index in [1.807, 2.05) is 6.08 Å². The van der Waals surface area contributed by atoms with Crippen molar-refractivity contribution < 1.29 is 28.6 Å². The molecule has 0 spiro atoms. The fraction of sp³-hybridized carbons (Fsp3) is 0.720. The number of hydrogen-bond donors (Lipinski definition) is 0. The van der Waals surface area contributed by atoms with E-state index in [0.29, 0.717) is 12.8 Å². The number of ether oxygens (including phenoxy) is 3. The summed E-state index contributed by atoms with van der Waals surface area (Å²) in [7, 11) is 0. The van der Waals surface area contributed by atoms with Crippen LogP contribution in [0.2, 0.25) is 0 Å². The van der Waals surface area contributed by atoms with E-state index >= 15 is 0 Å². The SMILES string of the molecule is CC/C=C\C/C=C\C/C=C\C/C=C\C/C=C\CC(=O)OCC(COC(=O)CCCCCCCCCCCCCCCCCC/C=C\C/C=C\C/C=C\C/C=C\CC)OC(=O)CCCCCCCCCCCCCCCCCCCCC. The highest BCUT2D eigenvalue weighted by Gasteiger charge is 2.19. The smallest absolute Gasteiger partial charge is 0.309 e. The Hall–Kier alpha value is -3.93. The van der Waals surface area contributed by atoms with Crippen molar-refractivity contribution >= 4 is 17.9 Å². The molecule has 81 heavy (non-hydrogen) atoms. The van der Waals surface area contributed by atoms with Gasteiger partial charge < -0.3 is 14.2 Å². The van der Waals surface area contributed by atoms with Gasteiger partial charge >= 0.3 is 17.9 Å². The Morgan fingerprint density at radius 2 is 0.531 bits per heavy atom. The maximum atomic E-state index is 12.9. The van der Waals surface area contributed by atoms with Crippen LogP contribution >= 0.6 is 0 Å². The first-order valence-corrected chi connectivity index (χ1v) is 34.4. The summed E-state index contributed by atoms with van der Waals surface area (Å²) >= 11 is 0. The molecule has 1 atom stereocenters. The molecule has 0 saturated heterocycles. The van der Waals surface area contributed by atoms with Crippen molar-refractivity contribution in [1.82, 2.24) is 0 Å². The van der Waals surface area contributed by atoms with Gasteiger partial charge in [0, 0.05) is 12.8 Å². The molecule has 0 aliphatic carbocycles. The van der Waals surface area contributed by atoms with Gasteiger partial charge in [0.1, 0.15) is 13.2 Å². The molecule has 6 heteroatoms. The normalized spacial score (nSPS) is 12.8. The molecule has 0 N–H and O–H groups in total. The van der Waals surface area contributed by atoms with E-state index in [1.54, 1.807) is 6.08 Å². The van der Waals surface area contributed by atoms with Crippen molar-refractivity contribution in [2.75, 3.05) is 13.2 Å². The molecule has 0 saturated carbocycles. The third kappa shape index (κ3) is 66.8. The molecule has 0 heterocycles. The van der Waals surface area contributed by atoms with E-state index < -0.39 is 12.1 Å². The zero-order valence-electron chi connectivity index (χ0n) is 53.3. The molecule has 6 nitrogen and oxygen atoms in total. The van der Waals surface area contributed by atoms with E-state index in [4.69, 9.17) is 14.2 Å². The zero-order chi connectivity index (χ0) is 58.5. The molecular weight excluding hydrogens is 997 g/mol. The second kappa shape index (κ2) is 68.6. The summed E-state index contributed by atoms with van der Waals surface area (Å²) in [6, 6.07) is 0. The second-order valence-corrected chi connectivity index (χ2v) is 22.7. The van der Waals surface area contributed by atoms with Gasteiger partial charge in [-0.2, -0.15) is 0 Å². The topological polar surface area (TPSA) is 78.9 Å². The minimum Gasteiger partial charge on any atom is -0.462 e. The lowest BCUT2D eigenvalue weighted by Crippen LogP contribution is -2.30. The first-order valence-electron chi connectivity index (χ1n) is 34.4. The summed E-state index contributed by atoms with van der Waals surface area (Å²) in [6.07, 6.45) is 94.3. The monoisotopic (exact) mass is 1120 g/mol. The Morgan fingerprint density at radius 1 is 0.272 bits per heavy atom. The Bertz CT molecular complexity index is 1620. The molecule has 0 aromatic heterocycles. The number of allylic oxidation sites excluding steroid dienone is 17.